The van der Waals surface area contributed by atoms with Crippen LogP contribution in [0.15, 0.2) is 12.5 Å². The Balaban J connectivity index is 2.43. The van der Waals surface area contributed by atoms with E-state index < -0.39 is 40.2 Å². The summed E-state index contributed by atoms with van der Waals surface area (Å²) in [5.41, 5.74) is -3.13. The largest absolute Gasteiger partial charge is 0.464 e. The first kappa shape index (κ1) is 17.7. The Labute approximate surface area is 132 Å². The van der Waals surface area contributed by atoms with E-state index in [4.69, 9.17) is 4.18 Å². The zero-order valence-electron chi connectivity index (χ0n) is 12.6. The van der Waals surface area contributed by atoms with E-state index in [2.05, 4.69) is 4.98 Å². The van der Waals surface area contributed by atoms with Crippen molar-refractivity contribution in [1.82, 2.24) is 13.9 Å². The Hall–Kier alpha value is -1.62. The van der Waals surface area contributed by atoms with Crippen molar-refractivity contribution in [3.8, 4) is 0 Å². The molecule has 1 aliphatic rings. The van der Waals surface area contributed by atoms with E-state index in [-0.39, 0.29) is 13.2 Å². The number of halogens is 3. The first-order valence-electron chi connectivity index (χ1n) is 6.56. The van der Waals surface area contributed by atoms with Crippen molar-refractivity contribution in [3.05, 3.63) is 18.2 Å². The number of carbonyl (C=O) groups is 1. The lowest BCUT2D eigenvalue weighted by Gasteiger charge is -2.43. The van der Waals surface area contributed by atoms with E-state index in [9.17, 15) is 27.3 Å². The van der Waals surface area contributed by atoms with Crippen molar-refractivity contribution >= 4 is 17.4 Å². The summed E-state index contributed by atoms with van der Waals surface area (Å²) in [5, 5.41) is 9.34. The van der Waals surface area contributed by atoms with Crippen LogP contribution in [0.3, 0.4) is 0 Å². The van der Waals surface area contributed by atoms with Crippen LogP contribution < -0.4 is 0 Å². The van der Waals surface area contributed by atoms with Gasteiger partial charge in [0.15, 0.2) is 5.69 Å². The second-order valence-corrected chi connectivity index (χ2v) is 7.30. The highest BCUT2D eigenvalue weighted by Crippen LogP contribution is 2.43. The summed E-state index contributed by atoms with van der Waals surface area (Å²) in [6.07, 6.45) is -4.31. The first-order valence-corrected chi connectivity index (χ1v) is 7.59. The lowest BCUT2D eigenvalue weighted by Crippen LogP contribution is -2.59. The Morgan fingerprint density at radius 3 is 2.52 bits per heavy atom. The standard InChI is InChI=1S/C12H16F3N3O4S/c1-10(2,3)11(6-22-23(21)18(11)9(19)20)5-17-4-8(16-7-17)12(13,14)15/h4,7H,5-6H2,1-3H3,(H,19,20)/t11-,23?/m0/s1. The molecule has 11 heteroatoms. The SMILES string of the molecule is CC(C)(C)[C@]1(Cn2cnc(C(F)(F)F)c2)COS(=O)N1C(=O)O. The van der Waals surface area contributed by atoms with E-state index in [0.29, 0.717) is 4.31 Å². The van der Waals surface area contributed by atoms with Crippen LogP contribution in [-0.2, 0) is 28.2 Å². The first-order chi connectivity index (χ1) is 10.4. The van der Waals surface area contributed by atoms with Gasteiger partial charge in [-0.05, 0) is 5.41 Å². The van der Waals surface area contributed by atoms with Crippen molar-refractivity contribution in [2.24, 2.45) is 5.41 Å². The van der Waals surface area contributed by atoms with Crippen molar-refractivity contribution in [3.63, 3.8) is 0 Å². The summed E-state index contributed by atoms with van der Waals surface area (Å²) >= 11 is -2.21. The minimum absolute atomic E-state index is 0.169. The summed E-state index contributed by atoms with van der Waals surface area (Å²) in [4.78, 5) is 14.8. The highest BCUT2D eigenvalue weighted by atomic mass is 32.2. The monoisotopic (exact) mass is 355 g/mol. The number of imidazole rings is 1. The average Bonchev–Trinajstić information content (AvgIpc) is 2.93. The van der Waals surface area contributed by atoms with Gasteiger partial charge >= 0.3 is 12.3 Å². The van der Waals surface area contributed by atoms with E-state index in [1.165, 1.54) is 0 Å². The molecule has 0 saturated carbocycles. The maximum atomic E-state index is 12.7. The average molecular weight is 355 g/mol. The van der Waals surface area contributed by atoms with Gasteiger partial charge in [0.1, 0.15) is 5.54 Å². The molecule has 130 valence electrons. The second-order valence-electron chi connectivity index (χ2n) is 6.27. The molecule has 0 bridgehead atoms. The van der Waals surface area contributed by atoms with Crippen LogP contribution in [-0.4, -0.2) is 41.4 Å². The number of nitrogens with zero attached hydrogens (tertiary/aromatic N) is 3. The van der Waals surface area contributed by atoms with Gasteiger partial charge < -0.3 is 9.67 Å². The predicted octanol–water partition coefficient (Wildman–Crippen LogP) is 2.28. The molecule has 23 heavy (non-hydrogen) atoms. The minimum Gasteiger partial charge on any atom is -0.464 e. The zero-order chi connectivity index (χ0) is 17.6. The molecule has 1 unspecified atom stereocenters. The molecule has 2 rings (SSSR count). The van der Waals surface area contributed by atoms with Crippen LogP contribution >= 0.6 is 0 Å². The van der Waals surface area contributed by atoms with Crippen LogP contribution in [0.5, 0.6) is 0 Å². The number of amides is 1. The van der Waals surface area contributed by atoms with E-state index >= 15 is 0 Å². The quantitative estimate of drug-likeness (QED) is 0.880. The molecule has 1 N–H and O–H groups in total. The second kappa shape index (κ2) is 5.48. The number of carboxylic acid groups (broad SMARTS) is 1. The maximum Gasteiger partial charge on any atom is 0.434 e. The van der Waals surface area contributed by atoms with Gasteiger partial charge in [0.2, 0.25) is 0 Å². The topological polar surface area (TPSA) is 84.7 Å². The summed E-state index contributed by atoms with van der Waals surface area (Å²) in [5.74, 6) is 0. The summed E-state index contributed by atoms with van der Waals surface area (Å²) < 4.78 is 56.6. The molecule has 7 nitrogen and oxygen atoms in total. The molecule has 0 radical (unpaired) electrons. The fourth-order valence-electron chi connectivity index (χ4n) is 2.41. The van der Waals surface area contributed by atoms with Gasteiger partial charge in [-0.15, -0.1) is 0 Å². The van der Waals surface area contributed by atoms with Gasteiger partial charge in [0.25, 0.3) is 11.3 Å². The number of alkyl halides is 3. The molecular formula is C12H16F3N3O4S. The van der Waals surface area contributed by atoms with Gasteiger partial charge in [-0.25, -0.2) is 14.0 Å². The van der Waals surface area contributed by atoms with Gasteiger partial charge in [0.05, 0.1) is 19.5 Å². The molecule has 1 aromatic rings. The third kappa shape index (κ3) is 3.07. The summed E-state index contributed by atoms with van der Waals surface area (Å²) in [6.45, 7) is 4.75. The predicted molar refractivity (Wildman–Crippen MR) is 73.4 cm³/mol. The highest BCUT2D eigenvalue weighted by Gasteiger charge is 2.57. The number of hydrogen-bond donors (Lipinski definition) is 1. The van der Waals surface area contributed by atoms with Gasteiger partial charge in [0, 0.05) is 6.20 Å². The molecule has 0 aromatic carbocycles. The molecule has 1 fully saturated rings. The van der Waals surface area contributed by atoms with Crippen LogP contribution in [0.25, 0.3) is 0 Å². The third-order valence-electron chi connectivity index (χ3n) is 3.87. The summed E-state index contributed by atoms with van der Waals surface area (Å²) in [6, 6.07) is 0. The Morgan fingerprint density at radius 1 is 1.48 bits per heavy atom. The fourth-order valence-corrected chi connectivity index (χ4v) is 3.61. The molecule has 2 atom stereocenters. The van der Waals surface area contributed by atoms with Crippen molar-refractivity contribution < 1.29 is 31.5 Å². The maximum absolute atomic E-state index is 12.7. The third-order valence-corrected chi connectivity index (χ3v) is 5.00. The van der Waals surface area contributed by atoms with Gasteiger partial charge in [-0.3, -0.25) is 4.18 Å². The van der Waals surface area contributed by atoms with Crippen molar-refractivity contribution in [2.45, 2.75) is 39.0 Å². The van der Waals surface area contributed by atoms with E-state index in [1.54, 1.807) is 20.8 Å². The Kier molecular flexibility index (Phi) is 4.22. The molecule has 1 aromatic heterocycles. The van der Waals surface area contributed by atoms with Crippen LogP contribution in [0.1, 0.15) is 26.5 Å². The molecule has 0 aliphatic carbocycles. The molecule has 1 saturated heterocycles. The van der Waals surface area contributed by atoms with Crippen molar-refractivity contribution in [2.75, 3.05) is 6.61 Å². The summed E-state index contributed by atoms with van der Waals surface area (Å²) in [7, 11) is 0. The minimum atomic E-state index is -4.60. The van der Waals surface area contributed by atoms with E-state index in [0.717, 1.165) is 17.1 Å². The smallest absolute Gasteiger partial charge is 0.434 e. The Morgan fingerprint density at radius 2 is 2.09 bits per heavy atom. The molecule has 0 spiro atoms. The lowest BCUT2D eigenvalue weighted by molar-refractivity contribution is -0.141. The molecular weight excluding hydrogens is 339 g/mol. The van der Waals surface area contributed by atoms with Crippen molar-refractivity contribution in [1.29, 1.82) is 0 Å². The van der Waals surface area contributed by atoms with E-state index in [1.807, 2.05) is 0 Å². The number of rotatable bonds is 2. The van der Waals surface area contributed by atoms with Crippen LogP contribution in [0.4, 0.5) is 18.0 Å². The van der Waals surface area contributed by atoms with Gasteiger partial charge in [-0.2, -0.15) is 17.5 Å². The number of hydrogen-bond acceptors (Lipinski definition) is 4. The zero-order valence-corrected chi connectivity index (χ0v) is 13.4. The van der Waals surface area contributed by atoms with Crippen LogP contribution in [0.2, 0.25) is 0 Å². The lowest BCUT2D eigenvalue weighted by atomic mass is 9.73. The molecule has 1 amide bonds. The number of aromatic nitrogens is 2. The van der Waals surface area contributed by atoms with Crippen LogP contribution in [0, 0.1) is 5.41 Å². The Bertz CT molecular complexity index is 640. The fraction of sp³-hybridized carbons (Fsp3) is 0.667. The van der Waals surface area contributed by atoms with Gasteiger partial charge in [-0.1, -0.05) is 20.8 Å². The molecule has 2 heterocycles. The highest BCUT2D eigenvalue weighted by molar-refractivity contribution is 7.78. The molecule has 1 aliphatic heterocycles. The normalized spacial score (nSPS) is 25.8.